The monoisotopic (exact) mass is 339 g/mol. The average Bonchev–Trinajstić information content (AvgIpc) is 3.19. The predicted molar refractivity (Wildman–Crippen MR) is 94.9 cm³/mol. The van der Waals surface area contributed by atoms with Crippen molar-refractivity contribution in [3.8, 4) is 0 Å². The van der Waals surface area contributed by atoms with Gasteiger partial charge in [-0.1, -0.05) is 17.4 Å². The Hall–Kier alpha value is -2.60. The molecular weight excluding hydrogens is 322 g/mol. The lowest BCUT2D eigenvalue weighted by atomic mass is 10.1. The van der Waals surface area contributed by atoms with Crippen molar-refractivity contribution in [1.29, 1.82) is 0 Å². The third-order valence-electron chi connectivity index (χ3n) is 4.25. The predicted octanol–water partition coefficient (Wildman–Crippen LogP) is 2.00. The second kappa shape index (κ2) is 5.79. The standard InChI is InChI=1S/C18H17N3O2S/c1-12-5-6-14(8-13(12)2)20-10-19-18-21(11-20)17(22)16(24-18)9-15-4-3-7-23-15/h3-9H,10-11H2,1-2H3. The lowest BCUT2D eigenvalue weighted by Gasteiger charge is -2.26. The van der Waals surface area contributed by atoms with Gasteiger partial charge >= 0.3 is 0 Å². The first-order valence-electron chi connectivity index (χ1n) is 7.73. The van der Waals surface area contributed by atoms with Gasteiger partial charge in [0.2, 0.25) is 0 Å². The highest BCUT2D eigenvalue weighted by molar-refractivity contribution is 7.07. The first-order valence-corrected chi connectivity index (χ1v) is 8.55. The van der Waals surface area contributed by atoms with Crippen molar-refractivity contribution < 1.29 is 4.42 Å². The normalized spacial score (nSPS) is 14.6. The van der Waals surface area contributed by atoms with E-state index < -0.39 is 0 Å². The van der Waals surface area contributed by atoms with Crippen molar-refractivity contribution in [3.05, 3.63) is 73.2 Å². The number of nitrogens with zero attached hydrogens (tertiary/aromatic N) is 3. The highest BCUT2D eigenvalue weighted by atomic mass is 32.1. The average molecular weight is 339 g/mol. The van der Waals surface area contributed by atoms with Crippen LogP contribution in [0.25, 0.3) is 6.08 Å². The van der Waals surface area contributed by atoms with Crippen LogP contribution in [0.4, 0.5) is 5.69 Å². The Balaban J connectivity index is 1.72. The molecule has 0 fully saturated rings. The maximum absolute atomic E-state index is 12.7. The zero-order valence-electron chi connectivity index (χ0n) is 13.5. The number of benzene rings is 1. The molecule has 0 saturated heterocycles. The summed E-state index contributed by atoms with van der Waals surface area (Å²) in [5, 5.41) is 0. The largest absolute Gasteiger partial charge is 0.465 e. The second-order valence-electron chi connectivity index (χ2n) is 5.89. The van der Waals surface area contributed by atoms with E-state index in [1.165, 1.54) is 22.5 Å². The molecule has 2 aromatic heterocycles. The topological polar surface area (TPSA) is 50.7 Å². The molecule has 1 aliphatic heterocycles. The summed E-state index contributed by atoms with van der Waals surface area (Å²) in [5.74, 6) is 0.678. The maximum atomic E-state index is 12.7. The number of hydrogen-bond acceptors (Lipinski definition) is 5. The first-order chi connectivity index (χ1) is 11.6. The highest BCUT2D eigenvalue weighted by Crippen LogP contribution is 2.19. The number of aryl methyl sites for hydroxylation is 2. The van der Waals surface area contributed by atoms with Crippen LogP contribution in [0.5, 0.6) is 0 Å². The van der Waals surface area contributed by atoms with Crippen molar-refractivity contribution in [2.75, 3.05) is 11.6 Å². The fourth-order valence-corrected chi connectivity index (χ4v) is 3.64. The van der Waals surface area contributed by atoms with Crippen molar-refractivity contribution in [3.63, 3.8) is 0 Å². The molecule has 0 unspecified atom stereocenters. The molecule has 24 heavy (non-hydrogen) atoms. The molecule has 0 spiro atoms. The zero-order valence-corrected chi connectivity index (χ0v) is 14.3. The van der Waals surface area contributed by atoms with Gasteiger partial charge in [-0.05, 0) is 49.2 Å². The first kappa shape index (κ1) is 15.0. The van der Waals surface area contributed by atoms with E-state index in [9.17, 15) is 4.79 Å². The summed E-state index contributed by atoms with van der Waals surface area (Å²) in [5.41, 5.74) is 3.56. The molecule has 1 aromatic carbocycles. The number of anilines is 1. The van der Waals surface area contributed by atoms with E-state index in [0.717, 1.165) is 10.5 Å². The van der Waals surface area contributed by atoms with E-state index in [-0.39, 0.29) is 5.56 Å². The zero-order chi connectivity index (χ0) is 16.7. The van der Waals surface area contributed by atoms with E-state index >= 15 is 0 Å². The van der Waals surface area contributed by atoms with Gasteiger partial charge < -0.3 is 9.32 Å². The number of thiazole rings is 1. The number of fused-ring (bicyclic) bond motifs is 1. The van der Waals surface area contributed by atoms with Crippen LogP contribution in [0.1, 0.15) is 16.9 Å². The van der Waals surface area contributed by atoms with Gasteiger partial charge in [0.05, 0.1) is 10.8 Å². The summed E-state index contributed by atoms with van der Waals surface area (Å²) < 4.78 is 7.67. The molecule has 0 amide bonds. The molecule has 6 heteroatoms. The molecule has 5 nitrogen and oxygen atoms in total. The Morgan fingerprint density at radius 2 is 2.12 bits per heavy atom. The van der Waals surface area contributed by atoms with Crippen LogP contribution >= 0.6 is 11.3 Å². The van der Waals surface area contributed by atoms with Crippen LogP contribution in [0.3, 0.4) is 0 Å². The van der Waals surface area contributed by atoms with Crippen LogP contribution in [0, 0.1) is 13.8 Å². The molecule has 0 bridgehead atoms. The van der Waals surface area contributed by atoms with E-state index in [1.54, 1.807) is 16.9 Å². The van der Waals surface area contributed by atoms with Crippen LogP contribution in [-0.4, -0.2) is 11.2 Å². The molecule has 3 heterocycles. The van der Waals surface area contributed by atoms with Gasteiger partial charge in [-0.25, -0.2) is 4.99 Å². The van der Waals surface area contributed by atoms with Gasteiger partial charge in [-0.15, -0.1) is 0 Å². The Labute approximate surface area is 142 Å². The van der Waals surface area contributed by atoms with Crippen LogP contribution in [-0.2, 0) is 6.67 Å². The fraction of sp³-hybridized carbons (Fsp3) is 0.222. The summed E-state index contributed by atoms with van der Waals surface area (Å²) in [7, 11) is 0. The molecule has 122 valence electrons. The Morgan fingerprint density at radius 1 is 1.25 bits per heavy atom. The van der Waals surface area contributed by atoms with Crippen LogP contribution in [0.2, 0.25) is 0 Å². The summed E-state index contributed by atoms with van der Waals surface area (Å²) in [6.45, 7) is 5.27. The molecule has 0 N–H and O–H groups in total. The van der Waals surface area contributed by atoms with Crippen molar-refractivity contribution in [1.82, 2.24) is 4.57 Å². The van der Waals surface area contributed by atoms with Gasteiger partial charge in [-0.3, -0.25) is 9.36 Å². The minimum absolute atomic E-state index is 0.0244. The fourth-order valence-electron chi connectivity index (χ4n) is 2.70. The van der Waals surface area contributed by atoms with Crippen LogP contribution < -0.4 is 19.8 Å². The van der Waals surface area contributed by atoms with E-state index in [4.69, 9.17) is 4.42 Å². The maximum Gasteiger partial charge on any atom is 0.271 e. The molecule has 0 saturated carbocycles. The van der Waals surface area contributed by atoms with E-state index in [1.807, 2.05) is 12.1 Å². The SMILES string of the molecule is Cc1ccc(N2CN=c3sc(=Cc4ccco4)c(=O)n3C2)cc1C. The molecule has 0 aliphatic carbocycles. The second-order valence-corrected chi connectivity index (χ2v) is 6.90. The molecule has 1 aliphatic rings. The summed E-state index contributed by atoms with van der Waals surface area (Å²) in [6.07, 6.45) is 3.37. The third-order valence-corrected chi connectivity index (χ3v) is 5.29. The van der Waals surface area contributed by atoms with E-state index in [2.05, 4.69) is 41.9 Å². The van der Waals surface area contributed by atoms with Crippen molar-refractivity contribution >= 4 is 23.1 Å². The number of rotatable bonds is 2. The molecule has 0 radical (unpaired) electrons. The van der Waals surface area contributed by atoms with Gasteiger partial charge in [0.25, 0.3) is 5.56 Å². The van der Waals surface area contributed by atoms with Crippen molar-refractivity contribution in [2.45, 2.75) is 20.5 Å². The lowest BCUT2D eigenvalue weighted by Crippen LogP contribution is -2.42. The number of hydrogen-bond donors (Lipinski definition) is 0. The van der Waals surface area contributed by atoms with E-state index in [0.29, 0.717) is 23.6 Å². The molecule has 4 rings (SSSR count). The van der Waals surface area contributed by atoms with Gasteiger partial charge in [0, 0.05) is 11.8 Å². The van der Waals surface area contributed by atoms with Gasteiger partial charge in [-0.2, -0.15) is 0 Å². The summed E-state index contributed by atoms with van der Waals surface area (Å²) >= 11 is 1.40. The third kappa shape index (κ3) is 2.59. The lowest BCUT2D eigenvalue weighted by molar-refractivity contribution is 0.556. The van der Waals surface area contributed by atoms with Gasteiger partial charge in [0.1, 0.15) is 19.1 Å². The molecular formula is C18H17N3O2S. The number of aromatic nitrogens is 1. The van der Waals surface area contributed by atoms with Crippen molar-refractivity contribution in [2.24, 2.45) is 4.99 Å². The van der Waals surface area contributed by atoms with Gasteiger partial charge in [0.15, 0.2) is 4.80 Å². The highest BCUT2D eigenvalue weighted by Gasteiger charge is 2.16. The summed E-state index contributed by atoms with van der Waals surface area (Å²) in [4.78, 5) is 20.1. The number of furan rings is 1. The van der Waals surface area contributed by atoms with Crippen LogP contribution in [0.15, 0.2) is 50.8 Å². The Morgan fingerprint density at radius 3 is 2.88 bits per heavy atom. The minimum Gasteiger partial charge on any atom is -0.465 e. The molecule has 3 aromatic rings. The Kier molecular flexibility index (Phi) is 3.61. The smallest absolute Gasteiger partial charge is 0.271 e. The molecule has 0 atom stereocenters. The quantitative estimate of drug-likeness (QED) is 0.718. The minimum atomic E-state index is -0.0244. The Bertz CT molecular complexity index is 1060. The summed E-state index contributed by atoms with van der Waals surface area (Å²) in [6, 6.07) is 9.97.